The maximum absolute atomic E-state index is 11.6. The summed E-state index contributed by atoms with van der Waals surface area (Å²) in [5, 5.41) is 0. The smallest absolute Gasteiger partial charge is 0.449 e. The van der Waals surface area contributed by atoms with Crippen LogP contribution >= 0.6 is 0 Å². The summed E-state index contributed by atoms with van der Waals surface area (Å²) in [6.45, 7) is 1.10. The fraction of sp³-hybridized carbons (Fsp3) is 0.750. The predicted molar refractivity (Wildman–Crippen MR) is 35.1 cm³/mol. The molecule has 0 aromatic rings. The van der Waals surface area contributed by atoms with Gasteiger partial charge in [0, 0.05) is 0 Å². The second-order valence-corrected chi connectivity index (χ2v) is 3.45. The molecule has 5 nitrogen and oxygen atoms in total. The van der Waals surface area contributed by atoms with E-state index in [2.05, 4.69) is 4.74 Å². The molecule has 0 spiro atoms. The second kappa shape index (κ2) is 3.81. The standard InChI is InChI=1S/C4H6F3NO4S/c1-2-12-3(9)8-13(10,11)4(5,6)7/h2H2,1H3,(H,8,9). The highest BCUT2D eigenvalue weighted by Gasteiger charge is 2.47. The number of amides is 1. The Morgan fingerprint density at radius 1 is 1.46 bits per heavy atom. The Balaban J connectivity index is 4.46. The summed E-state index contributed by atoms with van der Waals surface area (Å²) in [5.74, 6) is 0. The number of carbonyl (C=O) groups is 1. The minimum absolute atomic E-state index is 0.223. The van der Waals surface area contributed by atoms with Gasteiger partial charge in [-0.2, -0.15) is 21.6 Å². The Bertz CT molecular complexity index is 282. The van der Waals surface area contributed by atoms with Gasteiger partial charge in [-0.1, -0.05) is 0 Å². The number of carbonyl (C=O) groups excluding carboxylic acids is 1. The van der Waals surface area contributed by atoms with Crippen molar-refractivity contribution >= 4 is 16.1 Å². The van der Waals surface area contributed by atoms with Gasteiger partial charge < -0.3 is 4.74 Å². The van der Waals surface area contributed by atoms with Crippen molar-refractivity contribution in [2.24, 2.45) is 0 Å². The SMILES string of the molecule is CCOC(=O)NS(=O)(=O)C(F)(F)F. The number of nitrogens with one attached hydrogen (secondary N) is 1. The molecule has 0 aliphatic heterocycles. The zero-order valence-corrected chi connectivity index (χ0v) is 7.20. The van der Waals surface area contributed by atoms with Crippen LogP contribution in [0.5, 0.6) is 0 Å². The van der Waals surface area contributed by atoms with Gasteiger partial charge in [0.05, 0.1) is 6.61 Å². The van der Waals surface area contributed by atoms with E-state index >= 15 is 0 Å². The number of alkyl halides is 3. The topological polar surface area (TPSA) is 72.5 Å². The van der Waals surface area contributed by atoms with Gasteiger partial charge in [-0.05, 0) is 6.92 Å². The maximum atomic E-state index is 11.6. The molecular formula is C4H6F3NO4S. The van der Waals surface area contributed by atoms with Gasteiger partial charge in [0.1, 0.15) is 0 Å². The molecular weight excluding hydrogens is 215 g/mol. The Hall–Kier alpha value is -0.990. The first kappa shape index (κ1) is 12.0. The largest absolute Gasteiger partial charge is 0.516 e. The van der Waals surface area contributed by atoms with E-state index in [4.69, 9.17) is 0 Å². The lowest BCUT2D eigenvalue weighted by atomic mass is 10.9. The van der Waals surface area contributed by atoms with Crippen LogP contribution in [0.25, 0.3) is 0 Å². The normalized spacial score (nSPS) is 12.3. The van der Waals surface area contributed by atoms with Crippen LogP contribution in [0.15, 0.2) is 0 Å². The van der Waals surface area contributed by atoms with E-state index in [0.717, 1.165) is 0 Å². The molecule has 0 aromatic carbocycles. The lowest BCUT2D eigenvalue weighted by Crippen LogP contribution is -2.40. The van der Waals surface area contributed by atoms with Crippen molar-refractivity contribution in [1.82, 2.24) is 4.72 Å². The van der Waals surface area contributed by atoms with E-state index in [0.29, 0.717) is 4.72 Å². The molecule has 0 aliphatic rings. The first-order valence-electron chi connectivity index (χ1n) is 2.96. The number of hydrogen-bond donors (Lipinski definition) is 1. The average Bonchev–Trinajstić information content (AvgIpc) is 1.83. The summed E-state index contributed by atoms with van der Waals surface area (Å²) in [5.41, 5.74) is -5.51. The van der Waals surface area contributed by atoms with Crippen LogP contribution in [0.2, 0.25) is 0 Å². The van der Waals surface area contributed by atoms with E-state index in [1.807, 2.05) is 0 Å². The molecule has 0 rings (SSSR count). The Kier molecular flexibility index (Phi) is 3.52. The van der Waals surface area contributed by atoms with Crippen LogP contribution in [0.3, 0.4) is 0 Å². The minimum atomic E-state index is -5.64. The third kappa shape index (κ3) is 3.49. The van der Waals surface area contributed by atoms with E-state index in [9.17, 15) is 26.4 Å². The Labute approximate surface area is 71.9 Å². The molecule has 0 fully saturated rings. The molecule has 13 heavy (non-hydrogen) atoms. The van der Waals surface area contributed by atoms with Gasteiger partial charge in [0.15, 0.2) is 0 Å². The van der Waals surface area contributed by atoms with Crippen molar-refractivity contribution in [1.29, 1.82) is 0 Å². The quantitative estimate of drug-likeness (QED) is 0.740. The van der Waals surface area contributed by atoms with Crippen LogP contribution in [-0.4, -0.2) is 26.6 Å². The molecule has 0 radical (unpaired) electrons. The van der Waals surface area contributed by atoms with Crippen LogP contribution in [0.1, 0.15) is 6.92 Å². The fourth-order valence-electron chi connectivity index (χ4n) is 0.328. The van der Waals surface area contributed by atoms with Gasteiger partial charge in [-0.3, -0.25) is 0 Å². The van der Waals surface area contributed by atoms with Crippen LogP contribution in [0, 0.1) is 0 Å². The highest BCUT2D eigenvalue weighted by Crippen LogP contribution is 2.21. The molecule has 78 valence electrons. The molecule has 0 saturated heterocycles. The van der Waals surface area contributed by atoms with Gasteiger partial charge in [0.2, 0.25) is 0 Å². The summed E-state index contributed by atoms with van der Waals surface area (Å²) in [7, 11) is -5.64. The molecule has 9 heteroatoms. The molecule has 0 unspecified atom stereocenters. The Morgan fingerprint density at radius 3 is 2.23 bits per heavy atom. The summed E-state index contributed by atoms with van der Waals surface area (Å²) >= 11 is 0. The van der Waals surface area contributed by atoms with Gasteiger partial charge in [-0.15, -0.1) is 0 Å². The number of ether oxygens (including phenoxy) is 1. The van der Waals surface area contributed by atoms with Crippen LogP contribution < -0.4 is 4.72 Å². The molecule has 0 bridgehead atoms. The van der Waals surface area contributed by atoms with Crippen molar-refractivity contribution in [2.45, 2.75) is 12.4 Å². The summed E-state index contributed by atoms with van der Waals surface area (Å²) < 4.78 is 59.8. The summed E-state index contributed by atoms with van der Waals surface area (Å²) in [6, 6.07) is 0. The van der Waals surface area contributed by atoms with Crippen molar-refractivity contribution in [2.75, 3.05) is 6.61 Å². The summed E-state index contributed by atoms with van der Waals surface area (Å²) in [6.07, 6.45) is -1.65. The first-order valence-corrected chi connectivity index (χ1v) is 4.45. The van der Waals surface area contributed by atoms with E-state index in [1.54, 1.807) is 0 Å². The van der Waals surface area contributed by atoms with Crippen LogP contribution in [-0.2, 0) is 14.8 Å². The molecule has 0 aliphatic carbocycles. The van der Waals surface area contributed by atoms with Gasteiger partial charge in [-0.25, -0.2) is 9.52 Å². The molecule has 0 atom stereocenters. The minimum Gasteiger partial charge on any atom is -0.449 e. The molecule has 1 amide bonds. The Morgan fingerprint density at radius 2 is 1.92 bits per heavy atom. The average molecular weight is 221 g/mol. The first-order chi connectivity index (χ1) is 5.70. The highest BCUT2D eigenvalue weighted by molar-refractivity contribution is 7.90. The maximum Gasteiger partial charge on any atom is 0.516 e. The molecule has 0 saturated carbocycles. The number of hydrogen-bond acceptors (Lipinski definition) is 4. The second-order valence-electron chi connectivity index (χ2n) is 1.77. The highest BCUT2D eigenvalue weighted by atomic mass is 32.2. The lowest BCUT2D eigenvalue weighted by Gasteiger charge is -2.08. The molecule has 0 heterocycles. The van der Waals surface area contributed by atoms with Crippen molar-refractivity contribution < 1.29 is 31.1 Å². The predicted octanol–water partition coefficient (Wildman–Crippen LogP) is 0.582. The van der Waals surface area contributed by atoms with Gasteiger partial charge >= 0.3 is 21.6 Å². The third-order valence-corrected chi connectivity index (χ3v) is 1.84. The van der Waals surface area contributed by atoms with E-state index < -0.39 is 21.6 Å². The summed E-state index contributed by atoms with van der Waals surface area (Å²) in [4.78, 5) is 10.3. The number of halogens is 3. The van der Waals surface area contributed by atoms with E-state index in [1.165, 1.54) is 6.92 Å². The lowest BCUT2D eigenvalue weighted by molar-refractivity contribution is -0.0447. The van der Waals surface area contributed by atoms with Crippen molar-refractivity contribution in [3.63, 3.8) is 0 Å². The third-order valence-electron chi connectivity index (χ3n) is 0.798. The van der Waals surface area contributed by atoms with Crippen LogP contribution in [0.4, 0.5) is 18.0 Å². The molecule has 0 aromatic heterocycles. The van der Waals surface area contributed by atoms with Crippen molar-refractivity contribution in [3.05, 3.63) is 0 Å². The van der Waals surface area contributed by atoms with Gasteiger partial charge in [0.25, 0.3) is 0 Å². The number of sulfonamides is 1. The zero-order chi connectivity index (χ0) is 10.7. The fourth-order valence-corrected chi connectivity index (χ4v) is 0.722. The molecule has 1 N–H and O–H groups in total. The monoisotopic (exact) mass is 221 g/mol. The van der Waals surface area contributed by atoms with E-state index in [-0.39, 0.29) is 6.61 Å². The number of rotatable bonds is 2. The van der Waals surface area contributed by atoms with Crippen molar-refractivity contribution in [3.8, 4) is 0 Å². The zero-order valence-electron chi connectivity index (χ0n) is 6.38.